The second-order valence-corrected chi connectivity index (χ2v) is 8.96. The van der Waals surface area contributed by atoms with Crippen LogP contribution < -0.4 is 0 Å². The summed E-state index contributed by atoms with van der Waals surface area (Å²) in [6.45, 7) is 1.42. The molecule has 0 aromatic heterocycles. The Morgan fingerprint density at radius 1 is 1.12 bits per heavy atom. The number of nitrogens with zero attached hydrogens (tertiary/aromatic N) is 1. The first-order valence-electron chi connectivity index (χ1n) is 7.38. The molecule has 0 aliphatic heterocycles. The number of oxime groups is 1. The molecule has 0 heterocycles. The average molecular weight is 435 g/mol. The topological polar surface area (TPSA) is 72.8 Å². The fourth-order valence-corrected chi connectivity index (χ4v) is 3.97. The summed E-state index contributed by atoms with van der Waals surface area (Å²) in [4.78, 5) is 16.6. The van der Waals surface area contributed by atoms with Crippen molar-refractivity contribution in [3.8, 4) is 0 Å². The molecule has 1 atom stereocenters. The first kappa shape index (κ1) is 20.7. The van der Waals surface area contributed by atoms with E-state index in [1.807, 2.05) is 0 Å². The SMILES string of the molecule is C[C@H](CC(=O)O/N=C\c1c(Cl)cccc1Cl)S(=O)(=O)c1ccc(Cl)cc1. The number of rotatable bonds is 6. The molecule has 0 saturated carbocycles. The highest BCUT2D eigenvalue weighted by Crippen LogP contribution is 2.23. The van der Waals surface area contributed by atoms with Crippen LogP contribution >= 0.6 is 34.8 Å². The maximum Gasteiger partial charge on any atom is 0.336 e. The van der Waals surface area contributed by atoms with E-state index in [0.29, 0.717) is 20.6 Å². The summed E-state index contributed by atoms with van der Waals surface area (Å²) in [5.74, 6) is -0.797. The Balaban J connectivity index is 2.01. The van der Waals surface area contributed by atoms with Crippen LogP contribution in [-0.4, -0.2) is 25.9 Å². The van der Waals surface area contributed by atoms with Crippen LogP contribution in [0.5, 0.6) is 0 Å². The van der Waals surface area contributed by atoms with Crippen molar-refractivity contribution in [2.24, 2.45) is 5.16 Å². The van der Waals surface area contributed by atoms with Crippen molar-refractivity contribution in [3.63, 3.8) is 0 Å². The van der Waals surface area contributed by atoms with Gasteiger partial charge >= 0.3 is 5.97 Å². The quantitative estimate of drug-likeness (QED) is 0.373. The summed E-state index contributed by atoms with van der Waals surface area (Å²) >= 11 is 17.7. The van der Waals surface area contributed by atoms with E-state index in [1.165, 1.54) is 37.4 Å². The Morgan fingerprint density at radius 2 is 1.69 bits per heavy atom. The minimum Gasteiger partial charge on any atom is -0.318 e. The molecule has 2 rings (SSSR count). The van der Waals surface area contributed by atoms with Crippen molar-refractivity contribution in [3.05, 3.63) is 63.1 Å². The van der Waals surface area contributed by atoms with Gasteiger partial charge in [-0.15, -0.1) is 0 Å². The summed E-state index contributed by atoms with van der Waals surface area (Å²) in [6, 6.07) is 10.6. The second kappa shape index (κ2) is 8.86. The fraction of sp³-hybridized carbons (Fsp3) is 0.176. The van der Waals surface area contributed by atoms with Crippen LogP contribution in [0, 0.1) is 0 Å². The molecule has 2 aromatic rings. The first-order chi connectivity index (χ1) is 12.2. The smallest absolute Gasteiger partial charge is 0.318 e. The second-order valence-electron chi connectivity index (χ2n) is 5.35. The molecule has 9 heteroatoms. The third kappa shape index (κ3) is 5.20. The lowest BCUT2D eigenvalue weighted by molar-refractivity contribution is -0.143. The molecule has 0 bridgehead atoms. The molecule has 0 N–H and O–H groups in total. The summed E-state index contributed by atoms with van der Waals surface area (Å²) in [7, 11) is -3.70. The van der Waals surface area contributed by atoms with Gasteiger partial charge in [-0.3, -0.25) is 0 Å². The zero-order valence-electron chi connectivity index (χ0n) is 13.5. The van der Waals surface area contributed by atoms with E-state index in [1.54, 1.807) is 18.2 Å². The van der Waals surface area contributed by atoms with E-state index in [0.717, 1.165) is 0 Å². The van der Waals surface area contributed by atoms with Gasteiger partial charge < -0.3 is 4.84 Å². The predicted molar refractivity (Wildman–Crippen MR) is 103 cm³/mol. The summed E-state index contributed by atoms with van der Waals surface area (Å²) < 4.78 is 24.9. The molecule has 0 saturated heterocycles. The van der Waals surface area contributed by atoms with Gasteiger partial charge in [0, 0.05) is 10.6 Å². The molecule has 0 aliphatic rings. The lowest BCUT2D eigenvalue weighted by Crippen LogP contribution is -2.22. The van der Waals surface area contributed by atoms with E-state index >= 15 is 0 Å². The van der Waals surface area contributed by atoms with Gasteiger partial charge in [0.1, 0.15) is 0 Å². The average Bonchev–Trinajstić information content (AvgIpc) is 2.58. The largest absolute Gasteiger partial charge is 0.336 e. The monoisotopic (exact) mass is 433 g/mol. The molecule has 5 nitrogen and oxygen atoms in total. The van der Waals surface area contributed by atoms with Gasteiger partial charge in [-0.05, 0) is 43.3 Å². The summed E-state index contributed by atoms with van der Waals surface area (Å²) in [6.07, 6.45) is 0.833. The van der Waals surface area contributed by atoms with Gasteiger partial charge in [0.15, 0.2) is 9.84 Å². The Morgan fingerprint density at radius 3 is 2.27 bits per heavy atom. The predicted octanol–water partition coefficient (Wildman–Crippen LogP) is 4.78. The van der Waals surface area contributed by atoms with Crippen LogP contribution in [-0.2, 0) is 19.5 Å². The molecule has 0 unspecified atom stereocenters. The van der Waals surface area contributed by atoms with Crippen molar-refractivity contribution in [1.82, 2.24) is 0 Å². The van der Waals surface area contributed by atoms with Gasteiger partial charge in [0.2, 0.25) is 0 Å². The number of sulfone groups is 1. The van der Waals surface area contributed by atoms with Gasteiger partial charge in [-0.2, -0.15) is 0 Å². The molecule has 0 amide bonds. The molecule has 0 radical (unpaired) electrons. The van der Waals surface area contributed by atoms with Crippen LogP contribution in [0.2, 0.25) is 15.1 Å². The molecule has 26 heavy (non-hydrogen) atoms. The van der Waals surface area contributed by atoms with E-state index in [-0.39, 0.29) is 11.3 Å². The molecular weight excluding hydrogens is 421 g/mol. The van der Waals surface area contributed by atoms with Crippen LogP contribution in [0.3, 0.4) is 0 Å². The lowest BCUT2D eigenvalue weighted by atomic mass is 10.2. The normalized spacial score (nSPS) is 12.9. The minimum absolute atomic E-state index is 0.0774. The molecule has 2 aromatic carbocycles. The number of hydrogen-bond acceptors (Lipinski definition) is 5. The van der Waals surface area contributed by atoms with E-state index in [9.17, 15) is 13.2 Å². The van der Waals surface area contributed by atoms with Crippen molar-refractivity contribution in [2.75, 3.05) is 0 Å². The Bertz CT molecular complexity index is 907. The minimum atomic E-state index is -3.70. The lowest BCUT2D eigenvalue weighted by Gasteiger charge is -2.11. The number of hydrogen-bond donors (Lipinski definition) is 0. The summed E-state index contributed by atoms with van der Waals surface area (Å²) in [5, 5.41) is 3.64. The maximum atomic E-state index is 12.4. The standard InChI is InChI=1S/C17H14Cl3NO4S/c1-11(26(23,24)13-7-5-12(18)6-8-13)9-17(22)25-21-10-14-15(19)3-2-4-16(14)20/h2-8,10-11H,9H2,1H3/b21-10-/t11-/m1/s1. The Kier molecular flexibility index (Phi) is 7.06. The van der Waals surface area contributed by atoms with Gasteiger partial charge in [-0.25, -0.2) is 13.2 Å². The zero-order chi connectivity index (χ0) is 19.3. The highest BCUT2D eigenvalue weighted by atomic mass is 35.5. The summed E-state index contributed by atoms with van der Waals surface area (Å²) in [5.41, 5.74) is 0.394. The molecule has 0 spiro atoms. The maximum absolute atomic E-state index is 12.4. The Labute approximate surface area is 166 Å². The van der Waals surface area contributed by atoms with E-state index in [2.05, 4.69) is 5.16 Å². The number of benzene rings is 2. The third-order valence-electron chi connectivity index (χ3n) is 3.46. The molecule has 0 aliphatic carbocycles. The van der Waals surface area contributed by atoms with Gasteiger partial charge in [0.05, 0.1) is 32.8 Å². The van der Waals surface area contributed by atoms with Crippen molar-refractivity contribution < 1.29 is 18.0 Å². The Hall–Kier alpha value is -1.60. The number of carbonyl (C=O) groups excluding carboxylic acids is 1. The van der Waals surface area contributed by atoms with Gasteiger partial charge in [-0.1, -0.05) is 46.0 Å². The molecule has 138 valence electrons. The van der Waals surface area contributed by atoms with Crippen LogP contribution in [0.4, 0.5) is 0 Å². The van der Waals surface area contributed by atoms with E-state index < -0.39 is 21.1 Å². The molecular formula is C17H14Cl3NO4S. The first-order valence-corrected chi connectivity index (χ1v) is 10.1. The third-order valence-corrected chi connectivity index (χ3v) is 6.53. The molecule has 0 fully saturated rings. The highest BCUT2D eigenvalue weighted by molar-refractivity contribution is 7.92. The fourth-order valence-electron chi connectivity index (χ4n) is 2.01. The highest BCUT2D eigenvalue weighted by Gasteiger charge is 2.26. The van der Waals surface area contributed by atoms with Crippen LogP contribution in [0.15, 0.2) is 52.5 Å². The van der Waals surface area contributed by atoms with Gasteiger partial charge in [0.25, 0.3) is 0 Å². The number of carbonyl (C=O) groups is 1. The van der Waals surface area contributed by atoms with Crippen molar-refractivity contribution in [1.29, 1.82) is 0 Å². The van der Waals surface area contributed by atoms with Crippen molar-refractivity contribution >= 4 is 56.8 Å². The number of halogens is 3. The van der Waals surface area contributed by atoms with Crippen LogP contribution in [0.1, 0.15) is 18.9 Å². The van der Waals surface area contributed by atoms with E-state index in [4.69, 9.17) is 39.6 Å². The zero-order valence-corrected chi connectivity index (χ0v) is 16.6. The van der Waals surface area contributed by atoms with Crippen LogP contribution in [0.25, 0.3) is 0 Å². The van der Waals surface area contributed by atoms with Crippen molar-refractivity contribution in [2.45, 2.75) is 23.5 Å².